The maximum absolute atomic E-state index is 11.0. The van der Waals surface area contributed by atoms with Crippen molar-refractivity contribution < 1.29 is 14.8 Å². The quantitative estimate of drug-likeness (QED) is 0.557. The minimum atomic E-state index is -1.03. The molecule has 0 saturated heterocycles. The smallest absolute Gasteiger partial charge is 0.333 e. The number of rotatable bonds is 6. The van der Waals surface area contributed by atoms with Crippen LogP contribution in [0.2, 0.25) is 0 Å². The minimum Gasteiger partial charge on any atom is -0.480 e. The van der Waals surface area contributed by atoms with Crippen LogP contribution in [-0.2, 0) is 24.9 Å². The zero-order valence-corrected chi connectivity index (χ0v) is 11.3. The molecule has 0 saturated carbocycles. The highest BCUT2D eigenvalue weighted by molar-refractivity contribution is 5.66. The molecule has 2 N–H and O–H groups in total. The molecule has 0 aliphatic heterocycles. The van der Waals surface area contributed by atoms with Crippen LogP contribution in [0.25, 0.3) is 0 Å². The van der Waals surface area contributed by atoms with Gasteiger partial charge >= 0.3 is 11.7 Å². The molecule has 0 spiro atoms. The van der Waals surface area contributed by atoms with Crippen molar-refractivity contribution in [3.05, 3.63) is 27.7 Å². The number of aromatic nitrogens is 5. The fourth-order valence-electron chi connectivity index (χ4n) is 1.87. The van der Waals surface area contributed by atoms with E-state index in [0.29, 0.717) is 11.4 Å². The monoisotopic (exact) mass is 295 g/mol. The fourth-order valence-corrected chi connectivity index (χ4v) is 1.87. The van der Waals surface area contributed by atoms with Gasteiger partial charge in [-0.3, -0.25) is 14.9 Å². The average molecular weight is 295 g/mol. The Labute approximate surface area is 118 Å². The fraction of sp³-hybridized carbons (Fsp3) is 0.400. The lowest BCUT2D eigenvalue weighted by Crippen LogP contribution is -2.09. The van der Waals surface area contributed by atoms with E-state index >= 15 is 0 Å². The van der Waals surface area contributed by atoms with E-state index in [1.807, 2.05) is 0 Å². The Morgan fingerprint density at radius 3 is 2.90 bits per heavy atom. The van der Waals surface area contributed by atoms with E-state index in [9.17, 15) is 14.9 Å². The molecule has 0 aromatic carbocycles. The first-order valence-corrected chi connectivity index (χ1v) is 5.91. The summed E-state index contributed by atoms with van der Waals surface area (Å²) in [5.74, 6) is -0.775. The van der Waals surface area contributed by atoms with Crippen molar-refractivity contribution in [1.29, 1.82) is 0 Å². The second-order valence-corrected chi connectivity index (χ2v) is 4.32. The number of aryl methyl sites for hydroxylation is 2. The summed E-state index contributed by atoms with van der Waals surface area (Å²) in [4.78, 5) is 21.0. The van der Waals surface area contributed by atoms with E-state index in [1.165, 1.54) is 15.6 Å². The molecule has 11 nitrogen and oxygen atoms in total. The van der Waals surface area contributed by atoms with Crippen LogP contribution >= 0.6 is 0 Å². The molecule has 2 heterocycles. The molecule has 0 bridgehead atoms. The third-order valence-corrected chi connectivity index (χ3v) is 2.69. The minimum absolute atomic E-state index is 0.101. The van der Waals surface area contributed by atoms with Crippen LogP contribution in [-0.4, -0.2) is 40.8 Å². The molecule has 2 rings (SSSR count). The van der Waals surface area contributed by atoms with Crippen LogP contribution in [0, 0.1) is 17.0 Å². The lowest BCUT2D eigenvalue weighted by Gasteiger charge is -2.03. The average Bonchev–Trinajstić information content (AvgIpc) is 2.90. The summed E-state index contributed by atoms with van der Waals surface area (Å²) in [6.45, 7) is 1.42. The maximum Gasteiger partial charge on any atom is 0.333 e. The SMILES string of the molecule is Cc1nn(C)c(NCc2cn(CC(=O)O)nn2)c1[N+](=O)[O-]. The zero-order valence-electron chi connectivity index (χ0n) is 11.3. The second kappa shape index (κ2) is 5.56. The van der Waals surface area contributed by atoms with E-state index in [1.54, 1.807) is 14.0 Å². The third kappa shape index (κ3) is 3.13. The molecule has 0 unspecified atom stereocenters. The lowest BCUT2D eigenvalue weighted by molar-refractivity contribution is -0.384. The van der Waals surface area contributed by atoms with Gasteiger partial charge in [-0.2, -0.15) is 5.10 Å². The van der Waals surface area contributed by atoms with Crippen molar-refractivity contribution in [2.24, 2.45) is 7.05 Å². The third-order valence-electron chi connectivity index (χ3n) is 2.69. The van der Waals surface area contributed by atoms with Crippen molar-refractivity contribution >= 4 is 17.5 Å². The van der Waals surface area contributed by atoms with Gasteiger partial charge in [0.25, 0.3) is 0 Å². The first-order valence-electron chi connectivity index (χ1n) is 5.91. The first kappa shape index (κ1) is 14.4. The number of hydrogen-bond acceptors (Lipinski definition) is 7. The van der Waals surface area contributed by atoms with Gasteiger partial charge in [-0.1, -0.05) is 5.21 Å². The summed E-state index contributed by atoms with van der Waals surface area (Å²) in [5, 5.41) is 33.9. The van der Waals surface area contributed by atoms with E-state index in [2.05, 4.69) is 20.7 Å². The highest BCUT2D eigenvalue weighted by Crippen LogP contribution is 2.27. The van der Waals surface area contributed by atoms with Gasteiger partial charge in [0.2, 0.25) is 5.82 Å². The maximum atomic E-state index is 11.0. The zero-order chi connectivity index (χ0) is 15.6. The number of nitrogens with zero attached hydrogens (tertiary/aromatic N) is 6. The number of carbonyl (C=O) groups is 1. The van der Waals surface area contributed by atoms with Crippen molar-refractivity contribution in [3.63, 3.8) is 0 Å². The number of carboxylic acid groups (broad SMARTS) is 1. The highest BCUT2D eigenvalue weighted by Gasteiger charge is 2.23. The Balaban J connectivity index is 2.11. The molecule has 0 amide bonds. The van der Waals surface area contributed by atoms with Gasteiger partial charge in [0, 0.05) is 7.05 Å². The molecule has 21 heavy (non-hydrogen) atoms. The topological polar surface area (TPSA) is 141 Å². The Hall–Kier alpha value is -2.98. The molecule has 112 valence electrons. The Morgan fingerprint density at radius 1 is 1.57 bits per heavy atom. The Morgan fingerprint density at radius 2 is 2.29 bits per heavy atom. The molecule has 0 fully saturated rings. The first-order chi connectivity index (χ1) is 9.88. The predicted octanol–water partition coefficient (Wildman–Crippen LogP) is -0.0751. The van der Waals surface area contributed by atoms with Crippen LogP contribution in [0.4, 0.5) is 11.5 Å². The molecule has 0 aliphatic carbocycles. The largest absolute Gasteiger partial charge is 0.480 e. The van der Waals surface area contributed by atoms with Gasteiger partial charge in [0.05, 0.1) is 17.7 Å². The lowest BCUT2D eigenvalue weighted by atomic mass is 10.3. The van der Waals surface area contributed by atoms with E-state index in [0.717, 1.165) is 0 Å². The van der Waals surface area contributed by atoms with Gasteiger partial charge in [0.1, 0.15) is 17.9 Å². The van der Waals surface area contributed by atoms with Gasteiger partial charge in [0.15, 0.2) is 0 Å². The van der Waals surface area contributed by atoms with Crippen LogP contribution in [0.5, 0.6) is 0 Å². The number of anilines is 1. The Bertz CT molecular complexity index is 690. The summed E-state index contributed by atoms with van der Waals surface area (Å²) in [5.41, 5.74) is 0.666. The number of carboxylic acids is 1. The summed E-state index contributed by atoms with van der Waals surface area (Å²) in [6.07, 6.45) is 1.45. The predicted molar refractivity (Wildman–Crippen MR) is 69.6 cm³/mol. The van der Waals surface area contributed by atoms with Crippen molar-refractivity contribution in [1.82, 2.24) is 24.8 Å². The van der Waals surface area contributed by atoms with Crippen molar-refractivity contribution in [3.8, 4) is 0 Å². The number of nitro groups is 1. The number of aliphatic carboxylic acids is 1. The molecule has 0 atom stereocenters. The van der Waals surface area contributed by atoms with E-state index in [4.69, 9.17) is 5.11 Å². The Kier molecular flexibility index (Phi) is 3.82. The van der Waals surface area contributed by atoms with Crippen LogP contribution in [0.15, 0.2) is 6.20 Å². The van der Waals surface area contributed by atoms with Gasteiger partial charge in [-0.15, -0.1) is 5.10 Å². The summed E-state index contributed by atoms with van der Waals surface area (Å²) < 4.78 is 2.54. The van der Waals surface area contributed by atoms with Crippen LogP contribution in [0.1, 0.15) is 11.4 Å². The van der Waals surface area contributed by atoms with Crippen molar-refractivity contribution in [2.75, 3.05) is 5.32 Å². The van der Waals surface area contributed by atoms with E-state index in [-0.39, 0.29) is 24.6 Å². The summed E-state index contributed by atoms with van der Waals surface area (Å²) >= 11 is 0. The molecule has 2 aromatic heterocycles. The van der Waals surface area contributed by atoms with Crippen LogP contribution in [0.3, 0.4) is 0 Å². The van der Waals surface area contributed by atoms with Gasteiger partial charge in [-0.25, -0.2) is 9.36 Å². The number of nitrogens with one attached hydrogen (secondary N) is 1. The summed E-state index contributed by atoms with van der Waals surface area (Å²) in [6, 6.07) is 0. The molecular formula is C10H13N7O4. The van der Waals surface area contributed by atoms with Crippen molar-refractivity contribution in [2.45, 2.75) is 20.0 Å². The standard InChI is InChI=1S/C10H13N7O4/c1-6-9(17(20)21)10(15(2)13-6)11-3-7-4-16(14-12-7)5-8(18)19/h4,11H,3,5H2,1-2H3,(H,18,19). The summed E-state index contributed by atoms with van der Waals surface area (Å²) in [7, 11) is 1.59. The van der Waals surface area contributed by atoms with Gasteiger partial charge < -0.3 is 10.4 Å². The van der Waals surface area contributed by atoms with Crippen LogP contribution < -0.4 is 5.32 Å². The van der Waals surface area contributed by atoms with Gasteiger partial charge in [-0.05, 0) is 6.92 Å². The molecule has 2 aromatic rings. The number of hydrogen-bond donors (Lipinski definition) is 2. The second-order valence-electron chi connectivity index (χ2n) is 4.32. The van der Waals surface area contributed by atoms with E-state index < -0.39 is 10.9 Å². The molecular weight excluding hydrogens is 282 g/mol. The molecule has 11 heteroatoms. The molecule has 0 radical (unpaired) electrons. The molecule has 0 aliphatic rings. The normalized spacial score (nSPS) is 10.6. The highest BCUT2D eigenvalue weighted by atomic mass is 16.6.